The van der Waals surface area contributed by atoms with Crippen molar-refractivity contribution in [2.24, 2.45) is 5.10 Å². The number of rotatable bonds is 5. The summed E-state index contributed by atoms with van der Waals surface area (Å²) >= 11 is 5.76. The van der Waals surface area contributed by atoms with Crippen molar-refractivity contribution in [1.82, 2.24) is 5.43 Å². The molecule has 0 unspecified atom stereocenters. The Labute approximate surface area is 141 Å². The number of halogens is 1. The number of hydrogen-bond acceptors (Lipinski definition) is 6. The van der Waals surface area contributed by atoms with Gasteiger partial charge in [-0.3, -0.25) is 14.9 Å². The number of benzene rings is 2. The summed E-state index contributed by atoms with van der Waals surface area (Å²) < 4.78 is 4.89. The number of methoxy groups -OCH3 is 1. The minimum absolute atomic E-state index is 0.0413. The molecule has 124 valence electrons. The van der Waals surface area contributed by atoms with E-state index in [4.69, 9.17) is 16.3 Å². The third-order valence-electron chi connectivity index (χ3n) is 2.98. The first-order chi connectivity index (χ1) is 11.4. The van der Waals surface area contributed by atoms with Crippen LogP contribution in [-0.4, -0.2) is 29.3 Å². The maximum atomic E-state index is 11.9. The molecule has 0 aromatic heterocycles. The molecule has 24 heavy (non-hydrogen) atoms. The second kappa shape index (κ2) is 7.42. The summed E-state index contributed by atoms with van der Waals surface area (Å²) in [7, 11) is 1.33. The fraction of sp³-hybridized carbons (Fsp3) is 0.0667. The number of carbonyl (C=O) groups is 1. The first-order valence-electron chi connectivity index (χ1n) is 6.56. The molecule has 0 heterocycles. The van der Waals surface area contributed by atoms with Gasteiger partial charge < -0.3 is 9.84 Å². The number of amides is 1. The second-order valence-electron chi connectivity index (χ2n) is 4.55. The fourth-order valence-corrected chi connectivity index (χ4v) is 2.02. The molecule has 0 aliphatic rings. The molecule has 2 aromatic carbocycles. The van der Waals surface area contributed by atoms with E-state index in [1.807, 2.05) is 0 Å². The summed E-state index contributed by atoms with van der Waals surface area (Å²) in [5, 5.41) is 24.5. The number of carbonyl (C=O) groups excluding carboxylic acids is 1. The van der Waals surface area contributed by atoms with Crippen molar-refractivity contribution in [3.63, 3.8) is 0 Å². The Morgan fingerprint density at radius 1 is 1.38 bits per heavy atom. The number of hydrogen-bond donors (Lipinski definition) is 2. The summed E-state index contributed by atoms with van der Waals surface area (Å²) in [4.78, 5) is 22.3. The van der Waals surface area contributed by atoms with Crippen LogP contribution >= 0.6 is 11.6 Å². The lowest BCUT2D eigenvalue weighted by Crippen LogP contribution is -2.17. The maximum Gasteiger partial charge on any atom is 0.311 e. The molecule has 0 fully saturated rings. The lowest BCUT2D eigenvalue weighted by atomic mass is 10.2. The van der Waals surface area contributed by atoms with E-state index in [2.05, 4.69) is 10.5 Å². The Morgan fingerprint density at radius 2 is 2.12 bits per heavy atom. The van der Waals surface area contributed by atoms with Gasteiger partial charge in [0.15, 0.2) is 5.75 Å². The van der Waals surface area contributed by atoms with Crippen molar-refractivity contribution in [2.45, 2.75) is 0 Å². The van der Waals surface area contributed by atoms with Crippen LogP contribution in [-0.2, 0) is 0 Å². The van der Waals surface area contributed by atoms with Crippen molar-refractivity contribution >= 4 is 29.4 Å². The predicted octanol–water partition coefficient (Wildman–Crippen LogP) is 2.73. The van der Waals surface area contributed by atoms with Crippen molar-refractivity contribution in [3.05, 3.63) is 62.7 Å². The normalized spacial score (nSPS) is 10.6. The highest BCUT2D eigenvalue weighted by Crippen LogP contribution is 2.26. The lowest BCUT2D eigenvalue weighted by Gasteiger charge is -2.04. The molecule has 1 amide bonds. The van der Waals surface area contributed by atoms with Crippen LogP contribution in [0.3, 0.4) is 0 Å². The largest absolute Gasteiger partial charge is 0.507 e. The Balaban J connectivity index is 2.14. The van der Waals surface area contributed by atoms with Gasteiger partial charge in [-0.2, -0.15) is 5.10 Å². The molecule has 0 saturated carbocycles. The first kappa shape index (κ1) is 17.2. The molecule has 0 radical (unpaired) electrons. The zero-order valence-electron chi connectivity index (χ0n) is 12.4. The van der Waals surface area contributed by atoms with Gasteiger partial charge in [0.1, 0.15) is 5.75 Å². The number of hydrazone groups is 1. The van der Waals surface area contributed by atoms with Crippen LogP contribution in [0.4, 0.5) is 5.69 Å². The smallest absolute Gasteiger partial charge is 0.311 e. The average molecular weight is 350 g/mol. The minimum Gasteiger partial charge on any atom is -0.507 e. The molecule has 2 N–H and O–H groups in total. The number of nitrogens with one attached hydrogen (secondary N) is 1. The Hall–Kier alpha value is -3.13. The Kier molecular flexibility index (Phi) is 5.33. The third kappa shape index (κ3) is 3.99. The van der Waals surface area contributed by atoms with E-state index in [0.29, 0.717) is 5.56 Å². The lowest BCUT2D eigenvalue weighted by molar-refractivity contribution is -0.385. The highest BCUT2D eigenvalue weighted by molar-refractivity contribution is 6.31. The molecular weight excluding hydrogens is 338 g/mol. The van der Waals surface area contributed by atoms with Crippen molar-refractivity contribution in [3.8, 4) is 11.5 Å². The zero-order valence-corrected chi connectivity index (χ0v) is 13.1. The highest BCUT2D eigenvalue weighted by atomic mass is 35.5. The number of nitro groups is 1. The van der Waals surface area contributed by atoms with Crippen molar-refractivity contribution in [2.75, 3.05) is 7.11 Å². The predicted molar refractivity (Wildman–Crippen MR) is 87.8 cm³/mol. The minimum atomic E-state index is -0.672. The van der Waals surface area contributed by atoms with Gasteiger partial charge in [0.2, 0.25) is 0 Å². The molecule has 0 atom stereocenters. The van der Waals surface area contributed by atoms with Gasteiger partial charge in [-0.25, -0.2) is 5.43 Å². The van der Waals surface area contributed by atoms with Crippen LogP contribution in [0.1, 0.15) is 15.9 Å². The van der Waals surface area contributed by atoms with E-state index >= 15 is 0 Å². The first-order valence-corrected chi connectivity index (χ1v) is 6.94. The van der Waals surface area contributed by atoms with Crippen molar-refractivity contribution < 1.29 is 19.6 Å². The van der Waals surface area contributed by atoms with Gasteiger partial charge in [-0.1, -0.05) is 11.6 Å². The average Bonchev–Trinajstić information content (AvgIpc) is 2.56. The number of nitrogens with zero attached hydrogens (tertiary/aromatic N) is 2. The highest BCUT2D eigenvalue weighted by Gasteiger charge is 2.14. The summed E-state index contributed by atoms with van der Waals surface area (Å²) in [6.07, 6.45) is 1.23. The van der Waals surface area contributed by atoms with Gasteiger partial charge >= 0.3 is 5.69 Å². The number of phenolic OH excluding ortho intramolecular Hbond substituents is 1. The van der Waals surface area contributed by atoms with E-state index < -0.39 is 10.8 Å². The number of phenols is 1. The number of aromatic hydroxyl groups is 1. The second-order valence-corrected chi connectivity index (χ2v) is 4.99. The summed E-state index contributed by atoms with van der Waals surface area (Å²) in [5.41, 5.74) is 2.33. The van der Waals surface area contributed by atoms with E-state index in [1.54, 1.807) is 6.07 Å². The van der Waals surface area contributed by atoms with Crippen LogP contribution in [0.2, 0.25) is 5.02 Å². The summed E-state index contributed by atoms with van der Waals surface area (Å²) in [6, 6.07) is 8.23. The van der Waals surface area contributed by atoms with Crippen molar-refractivity contribution in [1.29, 1.82) is 0 Å². The molecule has 0 aliphatic heterocycles. The summed E-state index contributed by atoms with van der Waals surface area (Å²) in [6.45, 7) is 0. The molecule has 0 bridgehead atoms. The van der Waals surface area contributed by atoms with Gasteiger partial charge in [-0.05, 0) is 30.3 Å². The van der Waals surface area contributed by atoms with Crippen LogP contribution in [0.15, 0.2) is 41.5 Å². The number of ether oxygens (including phenoxy) is 1. The van der Waals surface area contributed by atoms with Crippen LogP contribution in [0.25, 0.3) is 0 Å². The Morgan fingerprint density at radius 3 is 2.79 bits per heavy atom. The van der Waals surface area contributed by atoms with Gasteiger partial charge in [0, 0.05) is 16.7 Å². The van der Waals surface area contributed by atoms with E-state index in [0.717, 1.165) is 0 Å². The van der Waals surface area contributed by atoms with Crippen LogP contribution in [0, 0.1) is 10.1 Å². The van der Waals surface area contributed by atoms with E-state index in [1.165, 1.54) is 43.7 Å². The standard InChI is InChI=1S/C15H12ClN3O5/c1-24-14-5-2-9(6-12(14)19(22)23)8-17-18-15(21)11-7-10(16)3-4-13(11)20/h2-8,20H,1H3,(H,18,21). The molecule has 9 heteroatoms. The SMILES string of the molecule is COc1ccc(C=NNC(=O)c2cc(Cl)ccc2O)cc1[N+](=O)[O-]. The zero-order chi connectivity index (χ0) is 17.7. The molecule has 0 spiro atoms. The van der Waals surface area contributed by atoms with E-state index in [-0.39, 0.29) is 27.8 Å². The quantitative estimate of drug-likeness (QED) is 0.489. The van der Waals surface area contributed by atoms with Gasteiger partial charge in [0.05, 0.1) is 23.8 Å². The molecule has 2 aromatic rings. The monoisotopic (exact) mass is 349 g/mol. The Bertz CT molecular complexity index is 823. The summed E-state index contributed by atoms with van der Waals surface area (Å²) in [5.74, 6) is -0.800. The van der Waals surface area contributed by atoms with Gasteiger partial charge in [0.25, 0.3) is 5.91 Å². The maximum absolute atomic E-state index is 11.9. The van der Waals surface area contributed by atoms with Crippen LogP contribution in [0.5, 0.6) is 11.5 Å². The fourth-order valence-electron chi connectivity index (χ4n) is 1.85. The molecule has 8 nitrogen and oxygen atoms in total. The van der Waals surface area contributed by atoms with Gasteiger partial charge in [-0.15, -0.1) is 0 Å². The van der Waals surface area contributed by atoms with Crippen LogP contribution < -0.4 is 10.2 Å². The topological polar surface area (TPSA) is 114 Å². The molecule has 2 rings (SSSR count). The molecule has 0 aliphatic carbocycles. The van der Waals surface area contributed by atoms with E-state index in [9.17, 15) is 20.0 Å². The third-order valence-corrected chi connectivity index (χ3v) is 3.22. The molecular formula is C15H12ClN3O5. The molecule has 0 saturated heterocycles. The number of nitro benzene ring substituents is 1.